The third-order valence-corrected chi connectivity index (χ3v) is 7.27. The van der Waals surface area contributed by atoms with E-state index in [2.05, 4.69) is 5.32 Å². The highest BCUT2D eigenvalue weighted by Gasteiger charge is 2.53. The summed E-state index contributed by atoms with van der Waals surface area (Å²) in [6.45, 7) is 1.45. The number of thioether (sulfide) groups is 1. The first-order chi connectivity index (χ1) is 14.1. The van der Waals surface area contributed by atoms with Gasteiger partial charge in [-0.1, -0.05) is 6.07 Å². The first kappa shape index (κ1) is 18.6. The Morgan fingerprint density at radius 2 is 2.07 bits per heavy atom. The third kappa shape index (κ3) is 3.11. The van der Waals surface area contributed by atoms with Crippen molar-refractivity contribution in [2.24, 2.45) is 0 Å². The average molecular weight is 417 g/mol. The molecular weight excluding hydrogens is 394 g/mol. The largest absolute Gasteiger partial charge is 0.486 e. The number of rotatable bonds is 3. The molecule has 0 aromatic heterocycles. The van der Waals surface area contributed by atoms with Crippen LogP contribution in [0.1, 0.15) is 30.9 Å². The molecule has 3 saturated heterocycles. The predicted molar refractivity (Wildman–Crippen MR) is 106 cm³/mol. The van der Waals surface area contributed by atoms with E-state index in [0.717, 1.165) is 34.8 Å². The van der Waals surface area contributed by atoms with Crippen LogP contribution in [0.25, 0.3) is 0 Å². The smallest absolute Gasteiger partial charge is 0.325 e. The molecule has 9 heteroatoms. The Bertz CT molecular complexity index is 870. The topological polar surface area (TPSA) is 88.2 Å². The Hall–Kier alpha value is -2.42. The summed E-state index contributed by atoms with van der Waals surface area (Å²) in [6, 6.07) is 5.23. The van der Waals surface area contributed by atoms with Gasteiger partial charge in [-0.05, 0) is 42.7 Å². The lowest BCUT2D eigenvalue weighted by atomic mass is 9.99. The number of fused-ring (bicyclic) bond motifs is 1. The van der Waals surface area contributed by atoms with Gasteiger partial charge in [0.1, 0.15) is 25.3 Å². The molecule has 2 atom stereocenters. The maximum absolute atomic E-state index is 13.1. The molecule has 4 amide bonds. The minimum atomic E-state index is -0.817. The van der Waals surface area contributed by atoms with E-state index in [9.17, 15) is 14.4 Å². The van der Waals surface area contributed by atoms with Gasteiger partial charge in [0, 0.05) is 12.3 Å². The number of nitrogens with zero attached hydrogens (tertiary/aromatic N) is 2. The molecule has 1 spiro atoms. The highest BCUT2D eigenvalue weighted by atomic mass is 32.2. The van der Waals surface area contributed by atoms with Crippen molar-refractivity contribution in [3.63, 3.8) is 0 Å². The van der Waals surface area contributed by atoms with Crippen molar-refractivity contribution >= 4 is 29.6 Å². The molecule has 1 aromatic rings. The maximum Gasteiger partial charge on any atom is 0.325 e. The fraction of sp³-hybridized carbons (Fsp3) is 0.550. The van der Waals surface area contributed by atoms with E-state index in [4.69, 9.17) is 9.47 Å². The standard InChI is InChI=1S/C20H23N3O5S/c24-17(11-23-18(25)20(21-19(23)26)5-9-29-12-20)22-6-1-2-14(22)13-3-4-15-16(10-13)28-8-7-27-15/h3-4,10,14H,1-2,5-9,11-12H2,(H,21,26). The lowest BCUT2D eigenvalue weighted by Gasteiger charge is -2.28. The Morgan fingerprint density at radius 3 is 2.86 bits per heavy atom. The van der Waals surface area contributed by atoms with Gasteiger partial charge in [-0.15, -0.1) is 0 Å². The predicted octanol–water partition coefficient (Wildman–Crippen LogP) is 1.55. The van der Waals surface area contributed by atoms with Crippen LogP contribution in [0.5, 0.6) is 11.5 Å². The Balaban J connectivity index is 1.32. The van der Waals surface area contributed by atoms with Gasteiger partial charge in [0.2, 0.25) is 5.91 Å². The zero-order valence-electron chi connectivity index (χ0n) is 16.0. The van der Waals surface area contributed by atoms with Crippen LogP contribution in [0.15, 0.2) is 18.2 Å². The molecule has 0 aliphatic carbocycles. The second kappa shape index (κ2) is 7.12. The second-order valence-corrected chi connectivity index (χ2v) is 8.96. The number of ether oxygens (including phenoxy) is 2. The zero-order chi connectivity index (χ0) is 20.0. The minimum Gasteiger partial charge on any atom is -0.486 e. The van der Waals surface area contributed by atoms with Gasteiger partial charge in [0.15, 0.2) is 11.5 Å². The van der Waals surface area contributed by atoms with E-state index in [1.165, 1.54) is 0 Å². The van der Waals surface area contributed by atoms with Gasteiger partial charge < -0.3 is 19.7 Å². The van der Waals surface area contributed by atoms with Gasteiger partial charge in [0.05, 0.1) is 6.04 Å². The molecule has 1 N–H and O–H groups in total. The van der Waals surface area contributed by atoms with Crippen molar-refractivity contribution in [2.45, 2.75) is 30.8 Å². The van der Waals surface area contributed by atoms with Gasteiger partial charge in [-0.3, -0.25) is 14.5 Å². The van der Waals surface area contributed by atoms with Crippen molar-refractivity contribution in [2.75, 3.05) is 37.8 Å². The number of amides is 4. The lowest BCUT2D eigenvalue weighted by Crippen LogP contribution is -2.48. The van der Waals surface area contributed by atoms with Crippen LogP contribution in [0.3, 0.4) is 0 Å². The Morgan fingerprint density at radius 1 is 1.24 bits per heavy atom. The van der Waals surface area contributed by atoms with Crippen LogP contribution in [-0.2, 0) is 9.59 Å². The van der Waals surface area contributed by atoms with Crippen LogP contribution < -0.4 is 14.8 Å². The van der Waals surface area contributed by atoms with E-state index < -0.39 is 11.6 Å². The van der Waals surface area contributed by atoms with Crippen LogP contribution in [0.4, 0.5) is 4.79 Å². The van der Waals surface area contributed by atoms with E-state index in [1.807, 2.05) is 18.2 Å². The van der Waals surface area contributed by atoms with E-state index in [0.29, 0.717) is 37.7 Å². The van der Waals surface area contributed by atoms with Crippen LogP contribution in [0.2, 0.25) is 0 Å². The Labute approximate surface area is 172 Å². The number of benzene rings is 1. The first-order valence-electron chi connectivity index (χ1n) is 9.98. The number of carbonyl (C=O) groups is 3. The fourth-order valence-electron chi connectivity index (χ4n) is 4.56. The highest BCUT2D eigenvalue weighted by Crippen LogP contribution is 2.38. The minimum absolute atomic E-state index is 0.0879. The maximum atomic E-state index is 13.1. The number of imide groups is 1. The van der Waals surface area contributed by atoms with Crippen molar-refractivity contribution in [1.29, 1.82) is 0 Å². The van der Waals surface area contributed by atoms with E-state index in [-0.39, 0.29) is 24.4 Å². The summed E-state index contributed by atoms with van der Waals surface area (Å²) in [7, 11) is 0. The summed E-state index contributed by atoms with van der Waals surface area (Å²) in [5.74, 6) is 2.36. The number of nitrogens with one attached hydrogen (secondary N) is 1. The van der Waals surface area contributed by atoms with Crippen molar-refractivity contribution in [1.82, 2.24) is 15.1 Å². The quantitative estimate of drug-likeness (QED) is 0.751. The van der Waals surface area contributed by atoms with E-state index >= 15 is 0 Å². The fourth-order valence-corrected chi connectivity index (χ4v) is 5.88. The Kier molecular flexibility index (Phi) is 4.57. The highest BCUT2D eigenvalue weighted by molar-refractivity contribution is 7.99. The summed E-state index contributed by atoms with van der Waals surface area (Å²) >= 11 is 1.65. The van der Waals surface area contributed by atoms with Crippen molar-refractivity contribution in [3.8, 4) is 11.5 Å². The number of hydrogen-bond donors (Lipinski definition) is 1. The summed E-state index contributed by atoms with van der Waals surface area (Å²) in [6.07, 6.45) is 2.34. The van der Waals surface area contributed by atoms with Crippen molar-refractivity contribution in [3.05, 3.63) is 23.8 Å². The molecule has 0 saturated carbocycles. The van der Waals surface area contributed by atoms with Gasteiger partial charge in [0.25, 0.3) is 5.91 Å². The van der Waals surface area contributed by atoms with Crippen LogP contribution in [0, 0.1) is 0 Å². The van der Waals surface area contributed by atoms with Gasteiger partial charge in [-0.25, -0.2) is 4.79 Å². The number of urea groups is 1. The molecule has 8 nitrogen and oxygen atoms in total. The molecule has 0 bridgehead atoms. The number of carbonyl (C=O) groups excluding carboxylic acids is 3. The van der Waals surface area contributed by atoms with Crippen LogP contribution >= 0.6 is 11.8 Å². The van der Waals surface area contributed by atoms with Gasteiger partial charge >= 0.3 is 6.03 Å². The monoisotopic (exact) mass is 417 g/mol. The SMILES string of the molecule is O=C1NC2(CCSC2)C(=O)N1CC(=O)N1CCCC1c1ccc2c(c1)OCCO2. The number of likely N-dealkylation sites (tertiary alicyclic amines) is 1. The normalized spacial score (nSPS) is 28.3. The zero-order valence-corrected chi connectivity index (χ0v) is 16.8. The summed E-state index contributed by atoms with van der Waals surface area (Å²) in [4.78, 5) is 41.2. The molecule has 29 heavy (non-hydrogen) atoms. The molecule has 5 rings (SSSR count). The molecule has 1 aromatic carbocycles. The average Bonchev–Trinajstić information content (AvgIpc) is 3.45. The van der Waals surface area contributed by atoms with Crippen LogP contribution in [-0.4, -0.2) is 71.0 Å². The van der Waals surface area contributed by atoms with Gasteiger partial charge in [-0.2, -0.15) is 11.8 Å². The molecular formula is C20H23N3O5S. The summed E-state index contributed by atoms with van der Waals surface area (Å²) in [5, 5.41) is 2.82. The summed E-state index contributed by atoms with van der Waals surface area (Å²) < 4.78 is 11.3. The molecule has 0 radical (unpaired) electrons. The molecule has 4 aliphatic rings. The molecule has 2 unspecified atom stereocenters. The summed E-state index contributed by atoms with van der Waals surface area (Å²) in [5.41, 5.74) is 0.170. The number of hydrogen-bond acceptors (Lipinski definition) is 6. The first-order valence-corrected chi connectivity index (χ1v) is 11.1. The second-order valence-electron chi connectivity index (χ2n) is 7.85. The third-order valence-electron chi connectivity index (χ3n) is 6.09. The van der Waals surface area contributed by atoms with Crippen molar-refractivity contribution < 1.29 is 23.9 Å². The molecule has 154 valence electrons. The molecule has 3 fully saturated rings. The van der Waals surface area contributed by atoms with E-state index in [1.54, 1.807) is 16.7 Å². The lowest BCUT2D eigenvalue weighted by molar-refractivity contribution is -0.139. The molecule has 4 heterocycles. The molecule has 4 aliphatic heterocycles.